The van der Waals surface area contributed by atoms with Gasteiger partial charge in [0, 0.05) is 17.8 Å². The van der Waals surface area contributed by atoms with Crippen LogP contribution in [0.1, 0.15) is 57.1 Å². The number of anilines is 1. The number of likely N-dealkylation sites (tertiary alicyclic amines) is 1. The zero-order chi connectivity index (χ0) is 21.8. The third-order valence-electron chi connectivity index (χ3n) is 6.55. The molecule has 0 radical (unpaired) electrons. The summed E-state index contributed by atoms with van der Waals surface area (Å²) in [4.78, 5) is 11.7. The molecule has 3 heterocycles. The second-order valence-electron chi connectivity index (χ2n) is 8.92. The van der Waals surface area contributed by atoms with E-state index in [4.69, 9.17) is 9.51 Å². The van der Waals surface area contributed by atoms with Gasteiger partial charge in [0.05, 0.1) is 17.8 Å². The number of hydrogen-bond donors (Lipinski definition) is 1. The highest BCUT2D eigenvalue weighted by Gasteiger charge is 2.24. The molecule has 32 heavy (non-hydrogen) atoms. The van der Waals surface area contributed by atoms with Gasteiger partial charge in [-0.3, -0.25) is 4.90 Å². The van der Waals surface area contributed by atoms with Crippen LogP contribution in [-0.2, 0) is 6.54 Å². The Morgan fingerprint density at radius 1 is 0.969 bits per heavy atom. The number of nitrogens with one attached hydrogen (secondary N) is 1. The minimum Gasteiger partial charge on any atom is -0.359 e. The van der Waals surface area contributed by atoms with Gasteiger partial charge in [-0.05, 0) is 69.1 Å². The first-order chi connectivity index (χ1) is 15.8. The summed E-state index contributed by atoms with van der Waals surface area (Å²) in [5, 5.41) is 7.92. The molecule has 1 aromatic carbocycles. The molecule has 1 aliphatic carbocycles. The van der Waals surface area contributed by atoms with Gasteiger partial charge in [0.25, 0.3) is 0 Å². The largest absolute Gasteiger partial charge is 0.359 e. The molecule has 2 fully saturated rings. The lowest BCUT2D eigenvalue weighted by molar-refractivity contribution is 0.197. The van der Waals surface area contributed by atoms with Gasteiger partial charge in [-0.2, -0.15) is 0 Å². The van der Waals surface area contributed by atoms with Crippen molar-refractivity contribution in [2.24, 2.45) is 0 Å². The van der Waals surface area contributed by atoms with Crippen molar-refractivity contribution in [3.63, 3.8) is 0 Å². The Kier molecular flexibility index (Phi) is 6.44. The van der Waals surface area contributed by atoms with Gasteiger partial charge in [0.2, 0.25) is 5.95 Å². The van der Waals surface area contributed by atoms with Crippen molar-refractivity contribution in [1.82, 2.24) is 20.0 Å². The molecule has 1 saturated heterocycles. The summed E-state index contributed by atoms with van der Waals surface area (Å²) in [6.45, 7) is 2.81. The molecule has 0 bridgehead atoms. The van der Waals surface area contributed by atoms with Crippen molar-refractivity contribution in [1.29, 1.82) is 0 Å². The third kappa shape index (κ3) is 4.83. The van der Waals surface area contributed by atoms with E-state index in [0.717, 1.165) is 48.5 Å². The van der Waals surface area contributed by atoms with Gasteiger partial charge in [-0.25, -0.2) is 14.4 Å². The highest BCUT2D eigenvalue weighted by atomic mass is 19.1. The van der Waals surface area contributed by atoms with Crippen LogP contribution in [0.25, 0.3) is 22.5 Å². The van der Waals surface area contributed by atoms with Crippen LogP contribution >= 0.6 is 0 Å². The highest BCUT2D eigenvalue weighted by Crippen LogP contribution is 2.35. The first kappa shape index (κ1) is 21.1. The molecule has 7 heteroatoms. The van der Waals surface area contributed by atoms with Crippen LogP contribution < -0.4 is 5.32 Å². The minimum atomic E-state index is -0.270. The lowest BCUT2D eigenvalue weighted by atomic mass is 9.96. The fourth-order valence-electron chi connectivity index (χ4n) is 4.82. The van der Waals surface area contributed by atoms with E-state index >= 15 is 0 Å². The van der Waals surface area contributed by atoms with Gasteiger partial charge < -0.3 is 9.84 Å². The standard InChI is InChI=1S/C25H30FN5O/c26-19-11-9-18(10-12-19)24-23(22(32-30-24)17-31-15-5-2-6-16-31)21-13-14-27-25(29-21)28-20-7-3-1-4-8-20/h9-14,20H,1-8,15-17H2,(H,27,28,29). The SMILES string of the molecule is Fc1ccc(-c2noc(CN3CCCCC3)c2-c2ccnc(NC3CCCCC3)n2)cc1. The molecule has 2 aromatic heterocycles. The van der Waals surface area contributed by atoms with E-state index in [0.29, 0.717) is 24.2 Å². The predicted octanol–water partition coefficient (Wildman–Crippen LogP) is 5.67. The van der Waals surface area contributed by atoms with Crippen molar-refractivity contribution in [2.45, 2.75) is 64.0 Å². The third-order valence-corrected chi connectivity index (χ3v) is 6.55. The number of rotatable bonds is 6. The maximum Gasteiger partial charge on any atom is 0.223 e. The zero-order valence-corrected chi connectivity index (χ0v) is 18.4. The van der Waals surface area contributed by atoms with Crippen LogP contribution in [0.15, 0.2) is 41.1 Å². The summed E-state index contributed by atoms with van der Waals surface area (Å²) < 4.78 is 19.4. The molecule has 6 nitrogen and oxygen atoms in total. The number of piperidine rings is 1. The van der Waals surface area contributed by atoms with Crippen LogP contribution in [0.3, 0.4) is 0 Å². The van der Waals surface area contributed by atoms with E-state index in [9.17, 15) is 4.39 Å². The molecule has 3 aromatic rings. The summed E-state index contributed by atoms with van der Waals surface area (Å²) in [5.74, 6) is 1.17. The Morgan fingerprint density at radius 2 is 1.72 bits per heavy atom. The normalized spacial score (nSPS) is 18.0. The van der Waals surface area contributed by atoms with Crippen LogP contribution in [0.4, 0.5) is 10.3 Å². The van der Waals surface area contributed by atoms with Crippen LogP contribution in [0.5, 0.6) is 0 Å². The molecule has 0 unspecified atom stereocenters. The highest BCUT2D eigenvalue weighted by molar-refractivity contribution is 5.80. The lowest BCUT2D eigenvalue weighted by Crippen LogP contribution is -2.29. The molecule has 2 aliphatic rings. The molecule has 5 rings (SSSR count). The quantitative estimate of drug-likeness (QED) is 0.538. The van der Waals surface area contributed by atoms with E-state index in [2.05, 4.69) is 20.4 Å². The summed E-state index contributed by atoms with van der Waals surface area (Å²) in [7, 11) is 0. The Labute approximate surface area is 188 Å². The molecule has 1 N–H and O–H groups in total. The van der Waals surface area contributed by atoms with Gasteiger partial charge in [0.15, 0.2) is 5.76 Å². The van der Waals surface area contributed by atoms with Gasteiger partial charge in [-0.1, -0.05) is 30.8 Å². The summed E-state index contributed by atoms with van der Waals surface area (Å²) in [5.41, 5.74) is 3.16. The van der Waals surface area contributed by atoms with Gasteiger partial charge in [0.1, 0.15) is 11.5 Å². The average molecular weight is 436 g/mol. The van der Waals surface area contributed by atoms with Crippen molar-refractivity contribution in [2.75, 3.05) is 18.4 Å². The van der Waals surface area contributed by atoms with Crippen molar-refractivity contribution in [3.8, 4) is 22.5 Å². The lowest BCUT2D eigenvalue weighted by Gasteiger charge is -2.25. The maximum atomic E-state index is 13.5. The summed E-state index contributed by atoms with van der Waals surface area (Å²) in [6, 6.07) is 8.71. The number of aromatic nitrogens is 3. The van der Waals surface area contributed by atoms with E-state index in [-0.39, 0.29) is 5.82 Å². The van der Waals surface area contributed by atoms with Gasteiger partial charge in [-0.15, -0.1) is 0 Å². The molecule has 1 saturated carbocycles. The predicted molar refractivity (Wildman–Crippen MR) is 123 cm³/mol. The number of hydrogen-bond acceptors (Lipinski definition) is 6. The van der Waals surface area contributed by atoms with Crippen LogP contribution in [-0.4, -0.2) is 39.2 Å². The van der Waals surface area contributed by atoms with Crippen molar-refractivity contribution < 1.29 is 8.91 Å². The first-order valence-electron chi connectivity index (χ1n) is 11.8. The monoisotopic (exact) mass is 435 g/mol. The fraction of sp³-hybridized carbons (Fsp3) is 0.480. The Hall–Kier alpha value is -2.80. The molecule has 0 spiro atoms. The van der Waals surface area contributed by atoms with Crippen molar-refractivity contribution >= 4 is 5.95 Å². The second kappa shape index (κ2) is 9.77. The smallest absolute Gasteiger partial charge is 0.223 e. The average Bonchev–Trinajstić information content (AvgIpc) is 3.24. The van der Waals surface area contributed by atoms with Crippen LogP contribution in [0, 0.1) is 5.82 Å². The Morgan fingerprint density at radius 3 is 2.50 bits per heavy atom. The Balaban J connectivity index is 1.49. The van der Waals surface area contributed by atoms with Crippen LogP contribution in [0.2, 0.25) is 0 Å². The molecule has 168 valence electrons. The summed E-state index contributed by atoms with van der Waals surface area (Å²) in [6.07, 6.45) is 11.6. The molecular formula is C25H30FN5O. The van der Waals surface area contributed by atoms with E-state index in [1.165, 1.54) is 50.7 Å². The van der Waals surface area contributed by atoms with E-state index in [1.54, 1.807) is 18.3 Å². The molecule has 0 atom stereocenters. The summed E-state index contributed by atoms with van der Waals surface area (Å²) >= 11 is 0. The first-order valence-corrected chi connectivity index (χ1v) is 11.8. The van der Waals surface area contributed by atoms with Crippen molar-refractivity contribution in [3.05, 3.63) is 48.1 Å². The van der Waals surface area contributed by atoms with E-state index in [1.807, 2.05) is 6.07 Å². The second-order valence-corrected chi connectivity index (χ2v) is 8.92. The number of nitrogens with zero attached hydrogens (tertiary/aromatic N) is 4. The number of benzene rings is 1. The zero-order valence-electron chi connectivity index (χ0n) is 18.4. The number of halogens is 1. The minimum absolute atomic E-state index is 0.270. The topological polar surface area (TPSA) is 67.1 Å². The molecule has 1 aliphatic heterocycles. The van der Waals surface area contributed by atoms with E-state index < -0.39 is 0 Å². The maximum absolute atomic E-state index is 13.5. The molecule has 0 amide bonds. The van der Waals surface area contributed by atoms with Gasteiger partial charge >= 0.3 is 0 Å². The fourth-order valence-corrected chi connectivity index (χ4v) is 4.82. The Bertz CT molecular complexity index is 1020. The molecular weight excluding hydrogens is 405 g/mol.